The zero-order chi connectivity index (χ0) is 11.8. The molecule has 0 aromatic carbocycles. The lowest BCUT2D eigenvalue weighted by molar-refractivity contribution is -0.385. The molecule has 0 bridgehead atoms. The standard InChI is InChI=1S/C9H12N2O4/c1-9(2,3)6-4-5(11(14)15)7(10-6)8(12)13/h4,10H,1-3H3,(H,12,13). The van der Waals surface area contributed by atoms with Gasteiger partial charge in [-0.3, -0.25) is 10.1 Å². The van der Waals surface area contributed by atoms with Crippen LogP contribution in [0.15, 0.2) is 6.07 Å². The van der Waals surface area contributed by atoms with Crippen LogP contribution in [0.5, 0.6) is 0 Å². The summed E-state index contributed by atoms with van der Waals surface area (Å²) in [7, 11) is 0. The highest BCUT2D eigenvalue weighted by Crippen LogP contribution is 2.28. The summed E-state index contributed by atoms with van der Waals surface area (Å²) in [5.41, 5.74) is -0.581. The third-order valence-corrected chi connectivity index (χ3v) is 2.02. The van der Waals surface area contributed by atoms with E-state index in [4.69, 9.17) is 5.11 Å². The SMILES string of the molecule is CC(C)(C)c1cc([N+](=O)[O-])c(C(=O)O)[nH]1. The number of H-pyrrole nitrogens is 1. The molecule has 6 heteroatoms. The van der Waals surface area contributed by atoms with Crippen molar-refractivity contribution in [3.63, 3.8) is 0 Å². The van der Waals surface area contributed by atoms with Crippen molar-refractivity contribution in [1.29, 1.82) is 0 Å². The number of nitro groups is 1. The molecule has 1 aromatic rings. The number of nitrogens with one attached hydrogen (secondary N) is 1. The molecular formula is C9H12N2O4. The van der Waals surface area contributed by atoms with Crippen LogP contribution in [-0.2, 0) is 5.41 Å². The summed E-state index contributed by atoms with van der Waals surface area (Å²) in [5, 5.41) is 19.3. The predicted molar refractivity (Wildman–Crippen MR) is 53.1 cm³/mol. The molecule has 1 heterocycles. The van der Waals surface area contributed by atoms with Gasteiger partial charge in [0.2, 0.25) is 5.69 Å². The van der Waals surface area contributed by atoms with E-state index in [1.807, 2.05) is 20.8 Å². The summed E-state index contributed by atoms with van der Waals surface area (Å²) in [6.45, 7) is 5.52. The lowest BCUT2D eigenvalue weighted by Gasteiger charge is -2.15. The van der Waals surface area contributed by atoms with Crippen molar-refractivity contribution in [2.24, 2.45) is 0 Å². The van der Waals surface area contributed by atoms with Crippen molar-refractivity contribution < 1.29 is 14.8 Å². The number of carboxylic acids is 1. The Morgan fingerprint density at radius 1 is 1.53 bits per heavy atom. The molecule has 0 unspecified atom stereocenters. The minimum Gasteiger partial charge on any atom is -0.476 e. The number of aromatic carboxylic acids is 1. The molecule has 0 saturated carbocycles. The highest BCUT2D eigenvalue weighted by Gasteiger charge is 2.27. The number of hydrogen-bond donors (Lipinski definition) is 2. The second-order valence-corrected chi connectivity index (χ2v) is 4.26. The first-order chi connectivity index (χ1) is 6.73. The minimum atomic E-state index is -1.32. The number of carbonyl (C=O) groups is 1. The second-order valence-electron chi connectivity index (χ2n) is 4.26. The Hall–Kier alpha value is -1.85. The fraction of sp³-hybridized carbons (Fsp3) is 0.444. The molecule has 15 heavy (non-hydrogen) atoms. The first-order valence-electron chi connectivity index (χ1n) is 4.34. The molecule has 0 atom stereocenters. The van der Waals surface area contributed by atoms with Crippen LogP contribution in [0.4, 0.5) is 5.69 Å². The highest BCUT2D eigenvalue weighted by molar-refractivity contribution is 5.90. The first-order valence-corrected chi connectivity index (χ1v) is 4.34. The van der Waals surface area contributed by atoms with Crippen molar-refractivity contribution in [2.75, 3.05) is 0 Å². The van der Waals surface area contributed by atoms with E-state index < -0.39 is 16.6 Å². The molecule has 0 aliphatic rings. The van der Waals surface area contributed by atoms with E-state index in [0.29, 0.717) is 5.69 Å². The summed E-state index contributed by atoms with van der Waals surface area (Å²) in [6.07, 6.45) is 0. The molecule has 1 aromatic heterocycles. The van der Waals surface area contributed by atoms with Crippen molar-refractivity contribution in [2.45, 2.75) is 26.2 Å². The second kappa shape index (κ2) is 3.38. The van der Waals surface area contributed by atoms with Gasteiger partial charge in [0.1, 0.15) is 0 Å². The maximum absolute atomic E-state index is 10.7. The highest BCUT2D eigenvalue weighted by atomic mass is 16.6. The molecule has 0 aliphatic carbocycles. The molecule has 0 aliphatic heterocycles. The molecule has 0 radical (unpaired) electrons. The van der Waals surface area contributed by atoms with E-state index >= 15 is 0 Å². The Kier molecular flexibility index (Phi) is 2.53. The Morgan fingerprint density at radius 3 is 2.33 bits per heavy atom. The fourth-order valence-corrected chi connectivity index (χ4v) is 1.15. The monoisotopic (exact) mass is 212 g/mol. The minimum absolute atomic E-state index is 0.349. The van der Waals surface area contributed by atoms with Gasteiger partial charge in [-0.05, 0) is 0 Å². The van der Waals surface area contributed by atoms with E-state index in [9.17, 15) is 14.9 Å². The van der Waals surface area contributed by atoms with Crippen LogP contribution in [0.25, 0.3) is 0 Å². The van der Waals surface area contributed by atoms with E-state index in [-0.39, 0.29) is 11.1 Å². The molecule has 1 rings (SSSR count). The molecule has 0 fully saturated rings. The Labute approximate surface area is 86.1 Å². The van der Waals surface area contributed by atoms with E-state index in [1.54, 1.807) is 0 Å². The van der Waals surface area contributed by atoms with Gasteiger partial charge in [0.25, 0.3) is 0 Å². The molecule has 6 nitrogen and oxygen atoms in total. The van der Waals surface area contributed by atoms with Crippen molar-refractivity contribution in [3.05, 3.63) is 27.6 Å². The van der Waals surface area contributed by atoms with E-state index in [1.165, 1.54) is 6.07 Å². The summed E-state index contributed by atoms with van der Waals surface area (Å²) in [4.78, 5) is 23.2. The predicted octanol–water partition coefficient (Wildman–Crippen LogP) is 1.92. The van der Waals surface area contributed by atoms with Crippen LogP contribution in [0.3, 0.4) is 0 Å². The average Bonchev–Trinajstić information content (AvgIpc) is 2.45. The zero-order valence-electron chi connectivity index (χ0n) is 8.70. The first kappa shape index (κ1) is 11.2. The van der Waals surface area contributed by atoms with Gasteiger partial charge in [-0.1, -0.05) is 20.8 Å². The topological polar surface area (TPSA) is 96.2 Å². The van der Waals surface area contributed by atoms with Crippen molar-refractivity contribution in [3.8, 4) is 0 Å². The lowest BCUT2D eigenvalue weighted by atomic mass is 9.92. The molecule has 0 amide bonds. The lowest BCUT2D eigenvalue weighted by Crippen LogP contribution is -2.12. The molecule has 0 spiro atoms. The number of aromatic amines is 1. The van der Waals surface area contributed by atoms with Crippen molar-refractivity contribution in [1.82, 2.24) is 4.98 Å². The van der Waals surface area contributed by atoms with Gasteiger partial charge in [-0.15, -0.1) is 0 Å². The number of carboxylic acid groups (broad SMARTS) is 1. The van der Waals surface area contributed by atoms with Gasteiger partial charge in [-0.25, -0.2) is 4.79 Å². The third-order valence-electron chi connectivity index (χ3n) is 2.02. The Morgan fingerprint density at radius 2 is 2.07 bits per heavy atom. The van der Waals surface area contributed by atoms with E-state index in [0.717, 1.165) is 0 Å². The van der Waals surface area contributed by atoms with Gasteiger partial charge < -0.3 is 10.1 Å². The maximum Gasteiger partial charge on any atom is 0.359 e. The quantitative estimate of drug-likeness (QED) is 0.578. The molecular weight excluding hydrogens is 200 g/mol. The van der Waals surface area contributed by atoms with Crippen LogP contribution < -0.4 is 0 Å². The smallest absolute Gasteiger partial charge is 0.359 e. The number of hydrogen-bond acceptors (Lipinski definition) is 3. The summed E-state index contributed by atoms with van der Waals surface area (Å²) in [6, 6.07) is 1.27. The summed E-state index contributed by atoms with van der Waals surface area (Å²) >= 11 is 0. The van der Waals surface area contributed by atoms with Crippen LogP contribution >= 0.6 is 0 Å². The van der Waals surface area contributed by atoms with Gasteiger partial charge >= 0.3 is 11.7 Å². The van der Waals surface area contributed by atoms with Gasteiger partial charge in [-0.2, -0.15) is 0 Å². The summed E-state index contributed by atoms with van der Waals surface area (Å²) < 4.78 is 0. The van der Waals surface area contributed by atoms with Gasteiger partial charge in [0.05, 0.1) is 4.92 Å². The summed E-state index contributed by atoms with van der Waals surface area (Å²) in [5.74, 6) is -1.32. The number of nitrogens with zero attached hydrogens (tertiary/aromatic N) is 1. The zero-order valence-corrected chi connectivity index (χ0v) is 8.70. The Balaban J connectivity index is 3.34. The van der Waals surface area contributed by atoms with Crippen LogP contribution in [-0.4, -0.2) is 21.0 Å². The average molecular weight is 212 g/mol. The van der Waals surface area contributed by atoms with Crippen LogP contribution in [0.1, 0.15) is 37.0 Å². The van der Waals surface area contributed by atoms with E-state index in [2.05, 4.69) is 4.98 Å². The largest absolute Gasteiger partial charge is 0.476 e. The normalized spacial score (nSPS) is 11.4. The third kappa shape index (κ3) is 2.15. The fourth-order valence-electron chi connectivity index (χ4n) is 1.15. The number of rotatable bonds is 2. The van der Waals surface area contributed by atoms with Gasteiger partial charge in [0, 0.05) is 17.2 Å². The maximum atomic E-state index is 10.7. The van der Waals surface area contributed by atoms with Crippen LogP contribution in [0.2, 0.25) is 0 Å². The van der Waals surface area contributed by atoms with Crippen LogP contribution in [0, 0.1) is 10.1 Å². The molecule has 2 N–H and O–H groups in total. The van der Waals surface area contributed by atoms with Gasteiger partial charge in [0.15, 0.2) is 0 Å². The number of aromatic nitrogens is 1. The Bertz CT molecular complexity index is 383. The molecule has 0 saturated heterocycles. The molecule has 82 valence electrons. The van der Waals surface area contributed by atoms with Crippen molar-refractivity contribution >= 4 is 11.7 Å².